The molecule has 2 rings (SSSR count). The second-order valence-corrected chi connectivity index (χ2v) is 6.56. The number of nitrogens with zero attached hydrogens (tertiary/aromatic N) is 2. The molecule has 0 saturated carbocycles. The number of rotatable bonds is 4. The molecule has 1 aromatic carbocycles. The zero-order valence-electron chi connectivity index (χ0n) is 13.7. The minimum absolute atomic E-state index is 0.0358. The maximum Gasteiger partial charge on any atom is 0.227 e. The van der Waals surface area contributed by atoms with Crippen LogP contribution in [0.2, 0.25) is 5.02 Å². The Labute approximate surface area is 148 Å². The van der Waals surface area contributed by atoms with E-state index in [0.29, 0.717) is 16.7 Å². The quantitative estimate of drug-likeness (QED) is 0.839. The number of amides is 1. The van der Waals surface area contributed by atoms with Crippen molar-refractivity contribution in [1.82, 2.24) is 9.80 Å². The number of halogens is 1. The molecule has 0 spiro atoms. The van der Waals surface area contributed by atoms with Gasteiger partial charge in [-0.3, -0.25) is 4.79 Å². The highest BCUT2D eigenvalue weighted by molar-refractivity contribution is 7.80. The van der Waals surface area contributed by atoms with Gasteiger partial charge in [0.15, 0.2) is 5.11 Å². The lowest BCUT2D eigenvalue weighted by Crippen LogP contribution is -2.47. The van der Waals surface area contributed by atoms with E-state index in [-0.39, 0.29) is 11.8 Å². The molecule has 1 N–H and O–H groups in total. The molecule has 0 radical (unpaired) electrons. The number of nitrogens with one attached hydrogen (secondary N) is 1. The first-order chi connectivity index (χ1) is 11.0. The molecule has 126 valence electrons. The summed E-state index contributed by atoms with van der Waals surface area (Å²) in [5.74, 6) is 0.280. The number of carbonyl (C=O) groups is 1. The van der Waals surface area contributed by atoms with E-state index in [9.17, 15) is 4.79 Å². The lowest BCUT2D eigenvalue weighted by atomic mass is 9.96. The molecule has 1 atom stereocenters. The molecule has 1 unspecified atom stereocenters. The predicted octanol–water partition coefficient (Wildman–Crippen LogP) is 3.62. The van der Waals surface area contributed by atoms with Crippen molar-refractivity contribution < 1.29 is 4.79 Å². The second kappa shape index (κ2) is 8.50. The number of thiocarbonyl (C=S) groups is 1. The van der Waals surface area contributed by atoms with Crippen LogP contribution in [0.1, 0.15) is 26.7 Å². The van der Waals surface area contributed by atoms with E-state index in [1.54, 1.807) is 0 Å². The van der Waals surface area contributed by atoms with Crippen molar-refractivity contribution in [1.29, 1.82) is 0 Å². The summed E-state index contributed by atoms with van der Waals surface area (Å²) in [4.78, 5) is 16.5. The van der Waals surface area contributed by atoms with E-state index in [1.807, 2.05) is 43.0 Å². The Morgan fingerprint density at radius 2 is 2.00 bits per heavy atom. The number of hydrogen-bond donors (Lipinski definition) is 1. The SMILES string of the molecule is CCN(CC)C(=O)C1CCCN(C(=S)Nc2ccc(Cl)cc2)C1. The van der Waals surface area contributed by atoms with Gasteiger partial charge in [-0.15, -0.1) is 0 Å². The third kappa shape index (κ3) is 4.82. The van der Waals surface area contributed by atoms with Gasteiger partial charge in [0.1, 0.15) is 0 Å². The van der Waals surface area contributed by atoms with E-state index >= 15 is 0 Å². The van der Waals surface area contributed by atoms with E-state index in [1.165, 1.54) is 0 Å². The molecule has 1 aromatic rings. The Kier molecular flexibility index (Phi) is 6.66. The van der Waals surface area contributed by atoms with Crippen molar-refractivity contribution >= 4 is 40.5 Å². The Hall–Kier alpha value is -1.33. The molecule has 1 amide bonds. The molecule has 4 nitrogen and oxygen atoms in total. The summed E-state index contributed by atoms with van der Waals surface area (Å²) in [5, 5.41) is 4.60. The average Bonchev–Trinajstić information content (AvgIpc) is 2.58. The van der Waals surface area contributed by atoms with Gasteiger partial charge in [0.25, 0.3) is 0 Å². The third-order valence-electron chi connectivity index (χ3n) is 4.23. The normalized spacial score (nSPS) is 17.7. The standard InChI is InChI=1S/C17H24ClN3OS/c1-3-20(4-2)16(22)13-6-5-11-21(12-13)17(23)19-15-9-7-14(18)8-10-15/h7-10,13H,3-6,11-12H2,1-2H3,(H,19,23). The highest BCUT2D eigenvalue weighted by Crippen LogP contribution is 2.20. The third-order valence-corrected chi connectivity index (χ3v) is 4.84. The molecule has 6 heteroatoms. The monoisotopic (exact) mass is 353 g/mol. The first-order valence-corrected chi connectivity index (χ1v) is 8.94. The molecule has 0 aromatic heterocycles. The summed E-state index contributed by atoms with van der Waals surface area (Å²) in [6.45, 7) is 7.15. The van der Waals surface area contributed by atoms with Gasteiger partial charge in [0.05, 0.1) is 5.92 Å². The summed E-state index contributed by atoms with van der Waals surface area (Å²) in [5.41, 5.74) is 0.914. The van der Waals surface area contributed by atoms with Crippen molar-refractivity contribution in [2.24, 2.45) is 5.92 Å². The molecule has 1 aliphatic heterocycles. The molecule has 0 bridgehead atoms. The van der Waals surface area contributed by atoms with Crippen molar-refractivity contribution in [3.63, 3.8) is 0 Å². The van der Waals surface area contributed by atoms with Crippen LogP contribution in [-0.4, -0.2) is 47.0 Å². The maximum absolute atomic E-state index is 12.5. The highest BCUT2D eigenvalue weighted by atomic mass is 35.5. The molecular formula is C17H24ClN3OS. The number of hydrogen-bond acceptors (Lipinski definition) is 2. The van der Waals surface area contributed by atoms with Gasteiger partial charge < -0.3 is 15.1 Å². The van der Waals surface area contributed by atoms with Crippen molar-refractivity contribution in [2.75, 3.05) is 31.5 Å². The Balaban J connectivity index is 1.96. The number of likely N-dealkylation sites (tertiary alicyclic amines) is 1. The highest BCUT2D eigenvalue weighted by Gasteiger charge is 2.29. The van der Waals surface area contributed by atoms with E-state index < -0.39 is 0 Å². The van der Waals surface area contributed by atoms with Gasteiger partial charge in [-0.05, 0) is 63.2 Å². The van der Waals surface area contributed by atoms with Gasteiger partial charge in [0, 0.05) is 36.9 Å². The van der Waals surface area contributed by atoms with Crippen LogP contribution in [0.4, 0.5) is 5.69 Å². The molecule has 1 heterocycles. The molecule has 1 aliphatic rings. The maximum atomic E-state index is 12.5. The topological polar surface area (TPSA) is 35.6 Å². The minimum Gasteiger partial charge on any atom is -0.348 e. The van der Waals surface area contributed by atoms with Crippen LogP contribution in [0, 0.1) is 5.92 Å². The summed E-state index contributed by atoms with van der Waals surface area (Å²) < 4.78 is 0. The van der Waals surface area contributed by atoms with Gasteiger partial charge in [0.2, 0.25) is 5.91 Å². The Bertz CT molecular complexity index is 545. The second-order valence-electron chi connectivity index (χ2n) is 5.73. The molecule has 1 fully saturated rings. The zero-order chi connectivity index (χ0) is 16.8. The lowest BCUT2D eigenvalue weighted by molar-refractivity contribution is -0.136. The summed E-state index contributed by atoms with van der Waals surface area (Å²) >= 11 is 11.4. The van der Waals surface area contributed by atoms with Crippen LogP contribution >= 0.6 is 23.8 Å². The van der Waals surface area contributed by atoms with Crippen LogP contribution < -0.4 is 5.32 Å². The number of benzene rings is 1. The van der Waals surface area contributed by atoms with Gasteiger partial charge >= 0.3 is 0 Å². The summed E-state index contributed by atoms with van der Waals surface area (Å²) in [6, 6.07) is 7.46. The Morgan fingerprint density at radius 3 is 2.61 bits per heavy atom. The summed E-state index contributed by atoms with van der Waals surface area (Å²) in [7, 11) is 0. The minimum atomic E-state index is 0.0358. The lowest BCUT2D eigenvalue weighted by Gasteiger charge is -2.36. The van der Waals surface area contributed by atoms with Crippen molar-refractivity contribution in [2.45, 2.75) is 26.7 Å². The fourth-order valence-corrected chi connectivity index (χ4v) is 3.30. The van der Waals surface area contributed by atoms with Crippen LogP contribution in [-0.2, 0) is 4.79 Å². The molecule has 1 saturated heterocycles. The average molecular weight is 354 g/mol. The van der Waals surface area contributed by atoms with Gasteiger partial charge in [-0.2, -0.15) is 0 Å². The van der Waals surface area contributed by atoms with Gasteiger partial charge in [-0.1, -0.05) is 11.6 Å². The van der Waals surface area contributed by atoms with Crippen LogP contribution in [0.5, 0.6) is 0 Å². The smallest absolute Gasteiger partial charge is 0.227 e. The van der Waals surface area contributed by atoms with Gasteiger partial charge in [-0.25, -0.2) is 0 Å². The van der Waals surface area contributed by atoms with Crippen LogP contribution in [0.15, 0.2) is 24.3 Å². The van der Waals surface area contributed by atoms with Crippen LogP contribution in [0.3, 0.4) is 0 Å². The fourth-order valence-electron chi connectivity index (χ4n) is 2.89. The first kappa shape index (κ1) is 18.0. The van der Waals surface area contributed by atoms with E-state index in [2.05, 4.69) is 10.2 Å². The fraction of sp³-hybridized carbons (Fsp3) is 0.529. The number of piperidine rings is 1. The van der Waals surface area contributed by atoms with E-state index in [0.717, 1.165) is 38.2 Å². The Morgan fingerprint density at radius 1 is 1.35 bits per heavy atom. The zero-order valence-corrected chi connectivity index (χ0v) is 15.3. The van der Waals surface area contributed by atoms with E-state index in [4.69, 9.17) is 23.8 Å². The first-order valence-electron chi connectivity index (χ1n) is 8.15. The molecular weight excluding hydrogens is 330 g/mol. The van der Waals surface area contributed by atoms with Crippen molar-refractivity contribution in [3.8, 4) is 0 Å². The number of carbonyl (C=O) groups excluding carboxylic acids is 1. The summed E-state index contributed by atoms with van der Waals surface area (Å²) in [6.07, 6.45) is 1.93. The number of anilines is 1. The predicted molar refractivity (Wildman–Crippen MR) is 99.9 cm³/mol. The van der Waals surface area contributed by atoms with Crippen LogP contribution in [0.25, 0.3) is 0 Å². The van der Waals surface area contributed by atoms with Crippen molar-refractivity contribution in [3.05, 3.63) is 29.3 Å². The largest absolute Gasteiger partial charge is 0.348 e. The molecule has 0 aliphatic carbocycles. The molecule has 23 heavy (non-hydrogen) atoms.